The van der Waals surface area contributed by atoms with Gasteiger partial charge in [0.1, 0.15) is 11.4 Å². The van der Waals surface area contributed by atoms with Gasteiger partial charge in [0.2, 0.25) is 5.89 Å². The molecule has 0 amide bonds. The molecule has 2 aromatic heterocycles. The first-order valence-electron chi connectivity index (χ1n) is 7.94. The van der Waals surface area contributed by atoms with Crippen LogP contribution in [0.5, 0.6) is 0 Å². The van der Waals surface area contributed by atoms with Gasteiger partial charge in [-0.15, -0.1) is 0 Å². The maximum absolute atomic E-state index is 5.48. The van der Waals surface area contributed by atoms with Crippen molar-refractivity contribution in [2.24, 2.45) is 5.92 Å². The van der Waals surface area contributed by atoms with Crippen LogP contribution in [0.1, 0.15) is 55.7 Å². The Balaban J connectivity index is 1.62. The van der Waals surface area contributed by atoms with Crippen LogP contribution in [-0.2, 0) is 13.0 Å². The lowest BCUT2D eigenvalue weighted by atomic mass is 9.97. The predicted octanol–water partition coefficient (Wildman–Crippen LogP) is 2.34. The summed E-state index contributed by atoms with van der Waals surface area (Å²) in [5.41, 5.74) is 1.77. The van der Waals surface area contributed by atoms with Gasteiger partial charge in [0.25, 0.3) is 0 Å². The van der Waals surface area contributed by atoms with Crippen LogP contribution in [0.3, 0.4) is 0 Å². The van der Waals surface area contributed by atoms with Crippen molar-refractivity contribution in [2.45, 2.75) is 52.5 Å². The molecule has 0 aromatic carbocycles. The number of aryl methyl sites for hydroxylation is 1. The molecule has 1 saturated heterocycles. The second kappa shape index (κ2) is 6.56. The Hall–Kier alpha value is -1.76. The zero-order valence-electron chi connectivity index (χ0n) is 13.4. The van der Waals surface area contributed by atoms with Gasteiger partial charge in [0.15, 0.2) is 5.82 Å². The highest BCUT2D eigenvalue weighted by molar-refractivity contribution is 5.05. The quantitative estimate of drug-likeness (QED) is 0.838. The van der Waals surface area contributed by atoms with Crippen molar-refractivity contribution < 1.29 is 9.15 Å². The normalized spacial score (nSPS) is 19.9. The van der Waals surface area contributed by atoms with E-state index in [0.717, 1.165) is 62.0 Å². The van der Waals surface area contributed by atoms with Crippen LogP contribution in [0.15, 0.2) is 9.15 Å². The van der Waals surface area contributed by atoms with Crippen molar-refractivity contribution in [3.05, 3.63) is 23.1 Å². The largest absolute Gasteiger partial charge is 0.339 e. The summed E-state index contributed by atoms with van der Waals surface area (Å²) in [5.74, 6) is 2.44. The standard InChI is InChI=1S/C15H23N5O2/c1-10(2)7-14-16-15(21-19-14)12-5-4-6-20(8-12)9-13-11(3)17-22-18-13/h10,12H,4-9H2,1-3H3/t12-/m1/s1. The summed E-state index contributed by atoms with van der Waals surface area (Å²) in [4.78, 5) is 6.93. The minimum absolute atomic E-state index is 0.308. The second-order valence-corrected chi connectivity index (χ2v) is 6.52. The molecule has 1 aliphatic heterocycles. The first-order valence-corrected chi connectivity index (χ1v) is 7.94. The molecule has 1 atom stereocenters. The second-order valence-electron chi connectivity index (χ2n) is 6.52. The Bertz CT molecular complexity index is 607. The number of hydrogen-bond donors (Lipinski definition) is 0. The van der Waals surface area contributed by atoms with Gasteiger partial charge in [0, 0.05) is 19.5 Å². The third-order valence-electron chi connectivity index (χ3n) is 4.05. The molecule has 0 saturated carbocycles. The molecule has 7 heteroatoms. The van der Waals surface area contributed by atoms with E-state index >= 15 is 0 Å². The average molecular weight is 305 g/mol. The van der Waals surface area contributed by atoms with Crippen LogP contribution >= 0.6 is 0 Å². The van der Waals surface area contributed by atoms with Crippen molar-refractivity contribution in [2.75, 3.05) is 13.1 Å². The maximum atomic E-state index is 5.48. The Kier molecular flexibility index (Phi) is 4.52. The molecule has 0 unspecified atom stereocenters. The number of likely N-dealkylation sites (tertiary alicyclic amines) is 1. The highest BCUT2D eigenvalue weighted by Gasteiger charge is 2.27. The molecule has 22 heavy (non-hydrogen) atoms. The van der Waals surface area contributed by atoms with E-state index in [1.807, 2.05) is 6.92 Å². The monoisotopic (exact) mass is 305 g/mol. The van der Waals surface area contributed by atoms with Crippen LogP contribution < -0.4 is 0 Å². The van der Waals surface area contributed by atoms with Gasteiger partial charge in [-0.25, -0.2) is 4.63 Å². The van der Waals surface area contributed by atoms with Gasteiger partial charge in [-0.2, -0.15) is 4.98 Å². The van der Waals surface area contributed by atoms with Gasteiger partial charge in [0.05, 0.1) is 5.92 Å². The molecule has 120 valence electrons. The molecule has 3 rings (SSSR count). The van der Waals surface area contributed by atoms with E-state index in [9.17, 15) is 0 Å². The molecule has 3 heterocycles. The molecule has 1 aliphatic rings. The number of piperidine rings is 1. The summed E-state index contributed by atoms with van der Waals surface area (Å²) in [6, 6.07) is 0. The Morgan fingerprint density at radius 3 is 2.86 bits per heavy atom. The molecule has 1 fully saturated rings. The van der Waals surface area contributed by atoms with E-state index in [2.05, 4.69) is 39.2 Å². The van der Waals surface area contributed by atoms with E-state index in [1.54, 1.807) is 0 Å². The van der Waals surface area contributed by atoms with Gasteiger partial charge >= 0.3 is 0 Å². The van der Waals surface area contributed by atoms with Crippen molar-refractivity contribution in [1.29, 1.82) is 0 Å². The third kappa shape index (κ3) is 3.52. The van der Waals surface area contributed by atoms with Gasteiger partial charge in [-0.3, -0.25) is 4.90 Å². The number of aromatic nitrogens is 4. The third-order valence-corrected chi connectivity index (χ3v) is 4.05. The van der Waals surface area contributed by atoms with E-state index in [0.29, 0.717) is 11.8 Å². The van der Waals surface area contributed by atoms with Crippen LogP contribution in [0, 0.1) is 12.8 Å². The van der Waals surface area contributed by atoms with Crippen molar-refractivity contribution in [3.8, 4) is 0 Å². The summed E-state index contributed by atoms with van der Waals surface area (Å²) in [6.07, 6.45) is 3.08. The smallest absolute Gasteiger partial charge is 0.231 e. The summed E-state index contributed by atoms with van der Waals surface area (Å²) in [5, 5.41) is 11.9. The van der Waals surface area contributed by atoms with Crippen LogP contribution in [0.4, 0.5) is 0 Å². The van der Waals surface area contributed by atoms with Crippen molar-refractivity contribution in [1.82, 2.24) is 25.4 Å². The fraction of sp³-hybridized carbons (Fsp3) is 0.733. The molecule has 7 nitrogen and oxygen atoms in total. The molecule has 0 spiro atoms. The number of hydrogen-bond acceptors (Lipinski definition) is 7. The molecule has 0 radical (unpaired) electrons. The lowest BCUT2D eigenvalue weighted by molar-refractivity contribution is 0.175. The Labute approximate surface area is 130 Å². The van der Waals surface area contributed by atoms with Crippen LogP contribution in [0.25, 0.3) is 0 Å². The lowest BCUT2D eigenvalue weighted by Crippen LogP contribution is -2.34. The zero-order valence-corrected chi connectivity index (χ0v) is 13.4. The summed E-state index contributed by atoms with van der Waals surface area (Å²) in [7, 11) is 0. The molecular weight excluding hydrogens is 282 g/mol. The Morgan fingerprint density at radius 2 is 2.14 bits per heavy atom. The first kappa shape index (κ1) is 15.1. The van der Waals surface area contributed by atoms with Crippen molar-refractivity contribution >= 4 is 0 Å². The zero-order chi connectivity index (χ0) is 15.5. The number of nitrogens with zero attached hydrogens (tertiary/aromatic N) is 5. The minimum atomic E-state index is 0.308. The van der Waals surface area contributed by atoms with Crippen LogP contribution in [-0.4, -0.2) is 38.4 Å². The predicted molar refractivity (Wildman–Crippen MR) is 79.1 cm³/mol. The highest BCUT2D eigenvalue weighted by Crippen LogP contribution is 2.27. The van der Waals surface area contributed by atoms with Gasteiger partial charge < -0.3 is 4.52 Å². The van der Waals surface area contributed by atoms with Crippen molar-refractivity contribution in [3.63, 3.8) is 0 Å². The molecule has 0 bridgehead atoms. The molecule has 0 N–H and O–H groups in total. The van der Waals surface area contributed by atoms with E-state index in [-0.39, 0.29) is 0 Å². The minimum Gasteiger partial charge on any atom is -0.339 e. The number of rotatable bonds is 5. The summed E-state index contributed by atoms with van der Waals surface area (Å²) >= 11 is 0. The van der Waals surface area contributed by atoms with Gasteiger partial charge in [-0.1, -0.05) is 29.3 Å². The molecule has 0 aliphatic carbocycles. The molecular formula is C15H23N5O2. The highest BCUT2D eigenvalue weighted by atomic mass is 16.6. The van der Waals surface area contributed by atoms with E-state index in [1.165, 1.54) is 0 Å². The fourth-order valence-corrected chi connectivity index (χ4v) is 2.89. The molecule has 2 aromatic rings. The fourth-order valence-electron chi connectivity index (χ4n) is 2.89. The maximum Gasteiger partial charge on any atom is 0.231 e. The van der Waals surface area contributed by atoms with Gasteiger partial charge in [-0.05, 0) is 32.2 Å². The average Bonchev–Trinajstić information content (AvgIpc) is 3.09. The van der Waals surface area contributed by atoms with Crippen LogP contribution in [0.2, 0.25) is 0 Å². The Morgan fingerprint density at radius 1 is 1.27 bits per heavy atom. The topological polar surface area (TPSA) is 81.1 Å². The lowest BCUT2D eigenvalue weighted by Gasteiger charge is -2.30. The summed E-state index contributed by atoms with van der Waals surface area (Å²) < 4.78 is 10.2. The summed E-state index contributed by atoms with van der Waals surface area (Å²) in [6.45, 7) is 8.97. The van der Waals surface area contributed by atoms with E-state index < -0.39 is 0 Å². The SMILES string of the molecule is Cc1nonc1CN1CCC[C@@H](c2nc(CC(C)C)no2)C1. The van der Waals surface area contributed by atoms with E-state index in [4.69, 9.17) is 9.15 Å². The first-order chi connectivity index (χ1) is 10.6.